The fourth-order valence-electron chi connectivity index (χ4n) is 2.65. The van der Waals surface area contributed by atoms with E-state index in [0.717, 1.165) is 55.0 Å². The van der Waals surface area contributed by atoms with Crippen LogP contribution in [0.2, 0.25) is 0 Å². The maximum atomic E-state index is 4.64. The summed E-state index contributed by atoms with van der Waals surface area (Å²) in [6.45, 7) is 6.44. The van der Waals surface area contributed by atoms with Gasteiger partial charge in [-0.1, -0.05) is 30.3 Å². The average molecular weight is 376 g/mol. The molecule has 122 valence electrons. The van der Waals surface area contributed by atoms with Crippen molar-refractivity contribution in [2.75, 3.05) is 51.6 Å². The smallest absolute Gasteiger partial charge is 0.223 e. The van der Waals surface area contributed by atoms with Gasteiger partial charge in [0.1, 0.15) is 0 Å². The second-order valence-corrected chi connectivity index (χ2v) is 6.68. The van der Waals surface area contributed by atoms with E-state index in [4.69, 9.17) is 0 Å². The molecule has 0 radical (unpaired) electrons. The number of nitrogens with one attached hydrogen (secondary N) is 1. The summed E-state index contributed by atoms with van der Waals surface area (Å²) in [5.74, 6) is 0.682. The molecule has 6 heteroatoms. The minimum atomic E-state index is 0.682. The third kappa shape index (κ3) is 4.50. The van der Waals surface area contributed by atoms with Crippen LogP contribution in [0.4, 0.5) is 5.95 Å². The number of halogens is 1. The van der Waals surface area contributed by atoms with Crippen molar-refractivity contribution in [3.63, 3.8) is 0 Å². The summed E-state index contributed by atoms with van der Waals surface area (Å²) in [6.07, 6.45) is 1.81. The van der Waals surface area contributed by atoms with Crippen molar-refractivity contribution in [1.82, 2.24) is 19.8 Å². The molecule has 2 heterocycles. The number of hydrogen-bond acceptors (Lipinski definition) is 5. The van der Waals surface area contributed by atoms with Gasteiger partial charge in [-0.15, -0.1) is 0 Å². The highest BCUT2D eigenvalue weighted by molar-refractivity contribution is 9.10. The third-order valence-electron chi connectivity index (χ3n) is 4.10. The van der Waals surface area contributed by atoms with Gasteiger partial charge in [-0.2, -0.15) is 0 Å². The third-order valence-corrected chi connectivity index (χ3v) is 4.68. The van der Waals surface area contributed by atoms with E-state index in [1.54, 1.807) is 0 Å². The van der Waals surface area contributed by atoms with E-state index in [0.29, 0.717) is 5.95 Å². The van der Waals surface area contributed by atoms with Crippen LogP contribution in [0.3, 0.4) is 0 Å². The summed E-state index contributed by atoms with van der Waals surface area (Å²) < 4.78 is 0.910. The molecule has 0 aliphatic carbocycles. The summed E-state index contributed by atoms with van der Waals surface area (Å²) in [5, 5.41) is 3.34. The largest absolute Gasteiger partial charge is 0.353 e. The van der Waals surface area contributed by atoms with Crippen LogP contribution in [-0.4, -0.2) is 66.1 Å². The standard InChI is InChI=1S/C17H22BrN5/c1-22-9-11-23(12-10-22)8-7-19-17-20-13-15(18)16(21-17)14-5-3-2-4-6-14/h2-6,13H,7-12H2,1H3,(H,19,20,21). The second kappa shape index (κ2) is 7.86. The Labute approximate surface area is 145 Å². The number of likely N-dealkylation sites (N-methyl/N-ethyl adjacent to an activating group) is 1. The quantitative estimate of drug-likeness (QED) is 0.869. The minimum absolute atomic E-state index is 0.682. The molecule has 0 bridgehead atoms. The number of hydrogen-bond donors (Lipinski definition) is 1. The van der Waals surface area contributed by atoms with Crippen molar-refractivity contribution in [2.24, 2.45) is 0 Å². The predicted octanol–water partition coefficient (Wildman–Crippen LogP) is 2.57. The topological polar surface area (TPSA) is 44.3 Å². The zero-order valence-electron chi connectivity index (χ0n) is 13.4. The van der Waals surface area contributed by atoms with Crippen LogP contribution >= 0.6 is 15.9 Å². The Morgan fingerprint density at radius 1 is 1.13 bits per heavy atom. The fraction of sp³-hybridized carbons (Fsp3) is 0.412. The summed E-state index contributed by atoms with van der Waals surface area (Å²) in [6, 6.07) is 10.2. The lowest BCUT2D eigenvalue weighted by Gasteiger charge is -2.32. The van der Waals surface area contributed by atoms with Crippen molar-refractivity contribution < 1.29 is 0 Å². The maximum absolute atomic E-state index is 4.64. The van der Waals surface area contributed by atoms with Crippen LogP contribution in [0.15, 0.2) is 41.0 Å². The number of anilines is 1. The minimum Gasteiger partial charge on any atom is -0.353 e. The summed E-state index contributed by atoms with van der Waals surface area (Å²) >= 11 is 3.54. The number of benzene rings is 1. The summed E-state index contributed by atoms with van der Waals surface area (Å²) in [7, 11) is 2.18. The Hall–Kier alpha value is -1.50. The van der Waals surface area contributed by atoms with Crippen LogP contribution in [0.1, 0.15) is 0 Å². The molecule has 0 spiro atoms. The lowest BCUT2D eigenvalue weighted by atomic mass is 10.1. The monoisotopic (exact) mass is 375 g/mol. The molecular weight excluding hydrogens is 354 g/mol. The van der Waals surface area contributed by atoms with Gasteiger partial charge in [0.05, 0.1) is 10.2 Å². The van der Waals surface area contributed by atoms with Crippen LogP contribution < -0.4 is 5.32 Å². The molecule has 0 amide bonds. The molecule has 0 atom stereocenters. The van der Waals surface area contributed by atoms with Crippen LogP contribution in [0.5, 0.6) is 0 Å². The first-order valence-electron chi connectivity index (χ1n) is 7.95. The Bertz CT molecular complexity index is 626. The molecule has 1 aromatic heterocycles. The summed E-state index contributed by atoms with van der Waals surface area (Å²) in [5.41, 5.74) is 2.01. The molecule has 3 rings (SSSR count). The van der Waals surface area contributed by atoms with Crippen LogP contribution in [0, 0.1) is 0 Å². The van der Waals surface area contributed by atoms with Gasteiger partial charge < -0.3 is 10.2 Å². The Balaban J connectivity index is 1.58. The van der Waals surface area contributed by atoms with Gasteiger partial charge in [0.2, 0.25) is 5.95 Å². The molecular formula is C17H22BrN5. The highest BCUT2D eigenvalue weighted by Gasteiger charge is 2.13. The maximum Gasteiger partial charge on any atom is 0.223 e. The molecule has 5 nitrogen and oxygen atoms in total. The number of aromatic nitrogens is 2. The first-order valence-corrected chi connectivity index (χ1v) is 8.74. The van der Waals surface area contributed by atoms with E-state index in [9.17, 15) is 0 Å². The van der Waals surface area contributed by atoms with Crippen LogP contribution in [0.25, 0.3) is 11.3 Å². The van der Waals surface area contributed by atoms with Gasteiger partial charge in [0, 0.05) is 51.0 Å². The first-order chi connectivity index (χ1) is 11.2. The van der Waals surface area contributed by atoms with E-state index < -0.39 is 0 Å². The van der Waals surface area contributed by atoms with Crippen molar-refractivity contribution in [2.45, 2.75) is 0 Å². The molecule has 0 unspecified atom stereocenters. The zero-order valence-corrected chi connectivity index (χ0v) is 15.0. The second-order valence-electron chi connectivity index (χ2n) is 5.83. The SMILES string of the molecule is CN1CCN(CCNc2ncc(Br)c(-c3ccccc3)n2)CC1. The molecule has 1 aromatic carbocycles. The first kappa shape index (κ1) is 16.4. The Kier molecular flexibility index (Phi) is 5.59. The number of piperazine rings is 1. The molecule has 1 N–H and O–H groups in total. The summed E-state index contributed by atoms with van der Waals surface area (Å²) in [4.78, 5) is 13.8. The van der Waals surface area contributed by atoms with E-state index in [1.165, 1.54) is 0 Å². The van der Waals surface area contributed by atoms with Gasteiger partial charge in [-0.3, -0.25) is 4.90 Å². The lowest BCUT2D eigenvalue weighted by Crippen LogP contribution is -2.45. The highest BCUT2D eigenvalue weighted by atomic mass is 79.9. The van der Waals surface area contributed by atoms with Gasteiger partial charge in [-0.25, -0.2) is 9.97 Å². The van der Waals surface area contributed by atoms with Gasteiger partial charge in [0.25, 0.3) is 0 Å². The Morgan fingerprint density at radius 3 is 2.61 bits per heavy atom. The van der Waals surface area contributed by atoms with Crippen LogP contribution in [-0.2, 0) is 0 Å². The predicted molar refractivity (Wildman–Crippen MR) is 97.6 cm³/mol. The van der Waals surface area contributed by atoms with E-state index in [-0.39, 0.29) is 0 Å². The molecule has 23 heavy (non-hydrogen) atoms. The molecule has 0 saturated carbocycles. The van der Waals surface area contributed by atoms with Crippen molar-refractivity contribution in [3.05, 3.63) is 41.0 Å². The highest BCUT2D eigenvalue weighted by Crippen LogP contribution is 2.26. The molecule has 1 aliphatic heterocycles. The van der Waals surface area contributed by atoms with Gasteiger partial charge >= 0.3 is 0 Å². The fourth-order valence-corrected chi connectivity index (χ4v) is 3.07. The molecule has 1 aliphatic rings. The number of nitrogens with zero attached hydrogens (tertiary/aromatic N) is 4. The Morgan fingerprint density at radius 2 is 1.87 bits per heavy atom. The van der Waals surface area contributed by atoms with Gasteiger partial charge in [-0.05, 0) is 23.0 Å². The number of rotatable bonds is 5. The van der Waals surface area contributed by atoms with E-state index in [2.05, 4.69) is 60.2 Å². The van der Waals surface area contributed by atoms with Crippen molar-refractivity contribution in [3.8, 4) is 11.3 Å². The van der Waals surface area contributed by atoms with Gasteiger partial charge in [0.15, 0.2) is 0 Å². The molecule has 2 aromatic rings. The van der Waals surface area contributed by atoms with Crippen molar-refractivity contribution in [1.29, 1.82) is 0 Å². The zero-order chi connectivity index (χ0) is 16.1. The molecule has 1 saturated heterocycles. The van der Waals surface area contributed by atoms with E-state index in [1.807, 2.05) is 24.4 Å². The lowest BCUT2D eigenvalue weighted by molar-refractivity contribution is 0.158. The molecule has 1 fully saturated rings. The van der Waals surface area contributed by atoms with Crippen molar-refractivity contribution >= 4 is 21.9 Å². The normalized spacial score (nSPS) is 16.4. The van der Waals surface area contributed by atoms with E-state index >= 15 is 0 Å². The average Bonchev–Trinajstić information content (AvgIpc) is 2.59.